The predicted octanol–water partition coefficient (Wildman–Crippen LogP) is 2.50. The lowest BCUT2D eigenvalue weighted by molar-refractivity contribution is -0.321. The maximum Gasteiger partial charge on any atom is 0.209 e. The van der Waals surface area contributed by atoms with Gasteiger partial charge in [-0.3, -0.25) is 9.59 Å². The largest absolute Gasteiger partial charge is 0.491 e. The Bertz CT molecular complexity index is 707. The van der Waals surface area contributed by atoms with Crippen LogP contribution in [-0.4, -0.2) is 64.8 Å². The Labute approximate surface area is 174 Å². The zero-order valence-electron chi connectivity index (χ0n) is 16.4. The van der Waals surface area contributed by atoms with E-state index in [1.807, 2.05) is 0 Å². The summed E-state index contributed by atoms with van der Waals surface area (Å²) in [6.45, 7) is 2.02. The van der Waals surface area contributed by atoms with Crippen LogP contribution in [0.15, 0.2) is 48.5 Å². The number of benzene rings is 2. The first-order chi connectivity index (χ1) is 14.8. The van der Waals surface area contributed by atoms with Crippen LogP contribution in [0.3, 0.4) is 0 Å². The van der Waals surface area contributed by atoms with Crippen LogP contribution in [0.5, 0.6) is 11.5 Å². The van der Waals surface area contributed by atoms with E-state index in [-0.39, 0.29) is 13.2 Å². The molecule has 1 aliphatic rings. The van der Waals surface area contributed by atoms with Crippen molar-refractivity contribution in [2.24, 2.45) is 0 Å². The van der Waals surface area contributed by atoms with Gasteiger partial charge in [0.05, 0.1) is 26.4 Å². The molecule has 0 unspecified atom stereocenters. The van der Waals surface area contributed by atoms with E-state index in [0.717, 1.165) is 12.6 Å². The van der Waals surface area contributed by atoms with Crippen molar-refractivity contribution in [1.82, 2.24) is 0 Å². The molecule has 0 aliphatic carbocycles. The van der Waals surface area contributed by atoms with Crippen LogP contribution in [0.25, 0.3) is 0 Å². The number of carbonyl (C=O) groups is 2. The fraction of sp³-hybridized carbons (Fsp3) is 0.364. The minimum absolute atomic E-state index is 0.281. The molecule has 0 bridgehead atoms. The smallest absolute Gasteiger partial charge is 0.209 e. The minimum Gasteiger partial charge on any atom is -0.491 e. The SMILES string of the molecule is O=Cc1ccc(OCCO[C@@H]2OCCO[C@H]2OCCOc2ccc(C=O)cc2)cc1. The molecule has 0 saturated carbocycles. The van der Waals surface area contributed by atoms with E-state index in [4.69, 9.17) is 28.4 Å². The Hall–Kier alpha value is -2.78. The summed E-state index contributed by atoms with van der Waals surface area (Å²) in [7, 11) is 0. The second-order valence-corrected chi connectivity index (χ2v) is 6.29. The predicted molar refractivity (Wildman–Crippen MR) is 106 cm³/mol. The fourth-order valence-electron chi connectivity index (χ4n) is 2.67. The molecule has 2 atom stereocenters. The number of ether oxygens (including phenoxy) is 6. The first-order valence-electron chi connectivity index (χ1n) is 9.61. The van der Waals surface area contributed by atoms with Crippen molar-refractivity contribution in [3.63, 3.8) is 0 Å². The standard InChI is InChI=1S/C22H24O8/c23-15-17-1-5-19(6-2-17)25-9-11-27-21-22(30-14-13-29-21)28-12-10-26-20-7-3-18(16-24)4-8-20/h1-8,15-16,21-22H,9-14H2/t21-,22-/m1/s1. The van der Waals surface area contributed by atoms with Crippen LogP contribution < -0.4 is 9.47 Å². The maximum atomic E-state index is 10.7. The molecule has 2 aromatic carbocycles. The fourth-order valence-corrected chi connectivity index (χ4v) is 2.67. The monoisotopic (exact) mass is 416 g/mol. The van der Waals surface area contributed by atoms with E-state index >= 15 is 0 Å². The lowest BCUT2D eigenvalue weighted by Gasteiger charge is -2.31. The highest BCUT2D eigenvalue weighted by atomic mass is 16.8. The Morgan fingerprint density at radius 3 is 1.43 bits per heavy atom. The topological polar surface area (TPSA) is 89.5 Å². The van der Waals surface area contributed by atoms with Crippen molar-refractivity contribution in [2.45, 2.75) is 12.6 Å². The molecule has 0 aromatic heterocycles. The average Bonchev–Trinajstić information content (AvgIpc) is 2.81. The summed E-state index contributed by atoms with van der Waals surface area (Å²) in [5.74, 6) is 1.30. The number of aldehydes is 2. The Kier molecular flexibility index (Phi) is 8.80. The molecule has 0 radical (unpaired) electrons. The molecule has 1 heterocycles. The lowest BCUT2D eigenvalue weighted by atomic mass is 10.2. The zero-order valence-corrected chi connectivity index (χ0v) is 16.4. The van der Waals surface area contributed by atoms with Crippen LogP contribution in [0.1, 0.15) is 20.7 Å². The molecular formula is C22H24O8. The van der Waals surface area contributed by atoms with E-state index in [9.17, 15) is 9.59 Å². The summed E-state index contributed by atoms with van der Waals surface area (Å²) in [6, 6.07) is 13.6. The Morgan fingerprint density at radius 2 is 1.07 bits per heavy atom. The molecule has 30 heavy (non-hydrogen) atoms. The number of carbonyl (C=O) groups excluding carboxylic acids is 2. The van der Waals surface area contributed by atoms with Gasteiger partial charge >= 0.3 is 0 Å². The molecule has 0 amide bonds. The summed E-state index contributed by atoms with van der Waals surface area (Å²) >= 11 is 0. The van der Waals surface area contributed by atoms with E-state index in [1.54, 1.807) is 48.5 Å². The van der Waals surface area contributed by atoms with Gasteiger partial charge in [0.25, 0.3) is 0 Å². The maximum absolute atomic E-state index is 10.7. The quantitative estimate of drug-likeness (QED) is 0.385. The number of hydrogen-bond donors (Lipinski definition) is 0. The van der Waals surface area contributed by atoms with Crippen LogP contribution in [0.4, 0.5) is 0 Å². The van der Waals surface area contributed by atoms with Crippen LogP contribution in [0.2, 0.25) is 0 Å². The van der Waals surface area contributed by atoms with E-state index in [2.05, 4.69) is 0 Å². The zero-order chi connectivity index (χ0) is 21.0. The van der Waals surface area contributed by atoms with Gasteiger partial charge in [-0.05, 0) is 48.5 Å². The van der Waals surface area contributed by atoms with Crippen LogP contribution >= 0.6 is 0 Å². The molecule has 1 saturated heterocycles. The van der Waals surface area contributed by atoms with E-state index in [0.29, 0.717) is 49.1 Å². The summed E-state index contributed by atoms with van der Waals surface area (Å²) in [5.41, 5.74) is 1.18. The normalized spacial score (nSPS) is 18.5. The molecule has 0 spiro atoms. The molecule has 160 valence electrons. The third kappa shape index (κ3) is 6.93. The highest BCUT2D eigenvalue weighted by Crippen LogP contribution is 2.15. The molecule has 8 nitrogen and oxygen atoms in total. The van der Waals surface area contributed by atoms with Gasteiger partial charge in [0.15, 0.2) is 0 Å². The van der Waals surface area contributed by atoms with E-state index in [1.165, 1.54) is 0 Å². The average molecular weight is 416 g/mol. The van der Waals surface area contributed by atoms with Gasteiger partial charge in [0.1, 0.15) is 37.3 Å². The van der Waals surface area contributed by atoms with Crippen molar-refractivity contribution in [3.8, 4) is 11.5 Å². The van der Waals surface area contributed by atoms with Gasteiger partial charge in [0.2, 0.25) is 12.6 Å². The highest BCUT2D eigenvalue weighted by molar-refractivity contribution is 5.75. The first-order valence-corrected chi connectivity index (χ1v) is 9.61. The van der Waals surface area contributed by atoms with Gasteiger partial charge in [-0.2, -0.15) is 0 Å². The van der Waals surface area contributed by atoms with Gasteiger partial charge < -0.3 is 28.4 Å². The van der Waals surface area contributed by atoms with Crippen molar-refractivity contribution >= 4 is 12.6 Å². The molecular weight excluding hydrogens is 392 g/mol. The summed E-state index contributed by atoms with van der Waals surface area (Å²) in [4.78, 5) is 21.3. The van der Waals surface area contributed by atoms with Gasteiger partial charge in [-0.25, -0.2) is 0 Å². The Balaban J connectivity index is 1.34. The number of rotatable bonds is 12. The van der Waals surface area contributed by atoms with Crippen molar-refractivity contribution < 1.29 is 38.0 Å². The third-order valence-electron chi connectivity index (χ3n) is 4.17. The lowest BCUT2D eigenvalue weighted by Crippen LogP contribution is -2.43. The van der Waals surface area contributed by atoms with Crippen LogP contribution in [0, 0.1) is 0 Å². The minimum atomic E-state index is -0.660. The molecule has 3 rings (SSSR count). The molecule has 8 heteroatoms. The highest BCUT2D eigenvalue weighted by Gasteiger charge is 2.28. The van der Waals surface area contributed by atoms with Crippen molar-refractivity contribution in [2.75, 3.05) is 39.6 Å². The van der Waals surface area contributed by atoms with Crippen LogP contribution in [-0.2, 0) is 18.9 Å². The van der Waals surface area contributed by atoms with Crippen molar-refractivity contribution in [1.29, 1.82) is 0 Å². The molecule has 0 N–H and O–H groups in total. The Morgan fingerprint density at radius 1 is 0.667 bits per heavy atom. The molecule has 1 fully saturated rings. The van der Waals surface area contributed by atoms with Gasteiger partial charge in [0, 0.05) is 11.1 Å². The second-order valence-electron chi connectivity index (χ2n) is 6.29. The van der Waals surface area contributed by atoms with Gasteiger partial charge in [-0.15, -0.1) is 0 Å². The first kappa shape index (κ1) is 21.9. The summed E-state index contributed by atoms with van der Waals surface area (Å²) in [6.07, 6.45) is 0.238. The summed E-state index contributed by atoms with van der Waals surface area (Å²) in [5, 5.41) is 0. The third-order valence-corrected chi connectivity index (χ3v) is 4.17. The van der Waals surface area contributed by atoms with Gasteiger partial charge in [-0.1, -0.05) is 0 Å². The second kappa shape index (κ2) is 12.0. The summed E-state index contributed by atoms with van der Waals surface area (Å²) < 4.78 is 33.7. The molecule has 2 aromatic rings. The van der Waals surface area contributed by atoms with E-state index < -0.39 is 12.6 Å². The number of hydrogen-bond acceptors (Lipinski definition) is 8. The van der Waals surface area contributed by atoms with Crippen molar-refractivity contribution in [3.05, 3.63) is 59.7 Å². The molecule has 1 aliphatic heterocycles.